The van der Waals surface area contributed by atoms with Crippen LogP contribution in [-0.4, -0.2) is 19.6 Å². The van der Waals surface area contributed by atoms with Crippen LogP contribution in [0.3, 0.4) is 0 Å². The van der Waals surface area contributed by atoms with Crippen molar-refractivity contribution in [2.75, 3.05) is 13.7 Å². The highest BCUT2D eigenvalue weighted by atomic mass is 79.9. The predicted molar refractivity (Wildman–Crippen MR) is 84.1 cm³/mol. The zero-order chi connectivity index (χ0) is 15.1. The Kier molecular flexibility index (Phi) is 3.89. The summed E-state index contributed by atoms with van der Waals surface area (Å²) in [5.74, 6) is 1.03. The minimum atomic E-state index is -0.0761. The fraction of sp³-hybridized carbons (Fsp3) is 0.562. The van der Waals surface area contributed by atoms with Gasteiger partial charge in [0.05, 0.1) is 12.7 Å². The highest BCUT2D eigenvalue weighted by Gasteiger charge is 2.64. The van der Waals surface area contributed by atoms with Crippen molar-refractivity contribution in [3.05, 3.63) is 28.2 Å². The Morgan fingerprint density at radius 1 is 1.30 bits per heavy atom. The van der Waals surface area contributed by atoms with E-state index in [4.69, 9.17) is 4.74 Å². The van der Waals surface area contributed by atoms with Gasteiger partial charge >= 0.3 is 0 Å². The van der Waals surface area contributed by atoms with E-state index in [0.29, 0.717) is 23.8 Å². The van der Waals surface area contributed by atoms with Crippen LogP contribution in [0.2, 0.25) is 0 Å². The van der Waals surface area contributed by atoms with Gasteiger partial charge < -0.3 is 10.1 Å². The fourth-order valence-corrected chi connectivity index (χ4v) is 3.33. The zero-order valence-corrected chi connectivity index (χ0v) is 14.3. The van der Waals surface area contributed by atoms with Gasteiger partial charge in [0.2, 0.25) is 0 Å². The molecule has 1 aliphatic rings. The molecule has 0 aliphatic heterocycles. The quantitative estimate of drug-likeness (QED) is 0.904. The van der Waals surface area contributed by atoms with Gasteiger partial charge in [-0.2, -0.15) is 0 Å². The molecule has 2 rings (SSSR count). The topological polar surface area (TPSA) is 38.3 Å². The molecule has 0 heterocycles. The predicted octanol–water partition coefficient (Wildman–Crippen LogP) is 3.87. The average molecular weight is 340 g/mol. The van der Waals surface area contributed by atoms with Crippen LogP contribution in [-0.2, 0) is 0 Å². The number of hydrogen-bond donors (Lipinski definition) is 1. The van der Waals surface area contributed by atoms with Crippen LogP contribution in [0.1, 0.15) is 38.1 Å². The molecule has 110 valence electrons. The van der Waals surface area contributed by atoms with Crippen LogP contribution in [0.4, 0.5) is 0 Å². The molecule has 20 heavy (non-hydrogen) atoms. The number of carbonyl (C=O) groups is 1. The van der Waals surface area contributed by atoms with Gasteiger partial charge in [-0.15, -0.1) is 0 Å². The third kappa shape index (κ3) is 2.46. The van der Waals surface area contributed by atoms with Gasteiger partial charge in [-0.25, -0.2) is 0 Å². The van der Waals surface area contributed by atoms with Crippen LogP contribution in [0.15, 0.2) is 22.7 Å². The number of halogens is 1. The summed E-state index contributed by atoms with van der Waals surface area (Å²) in [6.45, 7) is 9.72. The third-order valence-corrected chi connectivity index (χ3v) is 5.69. The highest BCUT2D eigenvalue weighted by molar-refractivity contribution is 9.10. The number of benzene rings is 1. The lowest BCUT2D eigenvalue weighted by Crippen LogP contribution is -2.27. The normalized spacial score (nSPS) is 19.5. The maximum Gasteiger partial charge on any atom is 0.255 e. The molecule has 1 saturated carbocycles. The molecule has 1 amide bonds. The zero-order valence-electron chi connectivity index (χ0n) is 12.7. The molecule has 0 spiro atoms. The van der Waals surface area contributed by atoms with Crippen molar-refractivity contribution in [2.45, 2.75) is 27.7 Å². The molecule has 1 N–H and O–H groups in total. The van der Waals surface area contributed by atoms with Gasteiger partial charge in [-0.1, -0.05) is 43.6 Å². The molecule has 4 heteroatoms. The lowest BCUT2D eigenvalue weighted by Gasteiger charge is -2.10. The Labute approximate surface area is 129 Å². The molecule has 0 saturated heterocycles. The van der Waals surface area contributed by atoms with Gasteiger partial charge in [0.25, 0.3) is 5.91 Å². The second-order valence-corrected chi connectivity index (χ2v) is 7.47. The standard InChI is InChI=1S/C16H22BrNO2/c1-15(2)13(16(15,3)4)9-18-14(19)11-7-6-10(17)8-12(11)20-5/h6-8,13H,9H2,1-5H3,(H,18,19). The number of ether oxygens (including phenoxy) is 1. The van der Waals surface area contributed by atoms with E-state index in [2.05, 4.69) is 48.9 Å². The van der Waals surface area contributed by atoms with Gasteiger partial charge in [0, 0.05) is 11.0 Å². The maximum atomic E-state index is 12.3. The lowest BCUT2D eigenvalue weighted by molar-refractivity contribution is 0.0947. The van der Waals surface area contributed by atoms with Crippen molar-refractivity contribution in [3.63, 3.8) is 0 Å². The summed E-state index contributed by atoms with van der Waals surface area (Å²) in [6.07, 6.45) is 0. The van der Waals surface area contributed by atoms with E-state index in [1.54, 1.807) is 19.2 Å². The van der Waals surface area contributed by atoms with E-state index in [-0.39, 0.29) is 16.7 Å². The van der Waals surface area contributed by atoms with Gasteiger partial charge in [-0.3, -0.25) is 4.79 Å². The summed E-state index contributed by atoms with van der Waals surface area (Å²) in [5.41, 5.74) is 1.14. The summed E-state index contributed by atoms with van der Waals surface area (Å²) < 4.78 is 6.16. The Balaban J connectivity index is 2.04. The van der Waals surface area contributed by atoms with Gasteiger partial charge in [0.1, 0.15) is 5.75 Å². The summed E-state index contributed by atoms with van der Waals surface area (Å²) in [7, 11) is 1.58. The van der Waals surface area contributed by atoms with Crippen molar-refractivity contribution in [1.29, 1.82) is 0 Å². The molecule has 0 aromatic heterocycles. The minimum absolute atomic E-state index is 0.0761. The van der Waals surface area contributed by atoms with Crippen LogP contribution < -0.4 is 10.1 Å². The average Bonchev–Trinajstić information content (AvgIpc) is 2.76. The third-order valence-electron chi connectivity index (χ3n) is 5.19. The molecule has 1 fully saturated rings. The number of hydrogen-bond acceptors (Lipinski definition) is 2. The van der Waals surface area contributed by atoms with E-state index < -0.39 is 0 Å². The monoisotopic (exact) mass is 339 g/mol. The molecule has 1 aromatic rings. The largest absolute Gasteiger partial charge is 0.496 e. The first-order chi connectivity index (χ1) is 9.21. The van der Waals surface area contributed by atoms with Crippen molar-refractivity contribution >= 4 is 21.8 Å². The van der Waals surface area contributed by atoms with Crippen LogP contribution >= 0.6 is 15.9 Å². The van der Waals surface area contributed by atoms with Crippen molar-refractivity contribution in [2.24, 2.45) is 16.7 Å². The van der Waals surface area contributed by atoms with Crippen LogP contribution in [0.25, 0.3) is 0 Å². The first-order valence-corrected chi connectivity index (χ1v) is 7.63. The molecule has 0 unspecified atom stereocenters. The molecular formula is C16H22BrNO2. The van der Waals surface area contributed by atoms with Gasteiger partial charge in [-0.05, 0) is 34.9 Å². The van der Waals surface area contributed by atoms with Crippen molar-refractivity contribution in [3.8, 4) is 5.75 Å². The molecule has 3 nitrogen and oxygen atoms in total. The summed E-state index contributed by atoms with van der Waals surface area (Å²) in [4.78, 5) is 12.3. The van der Waals surface area contributed by atoms with E-state index in [1.165, 1.54) is 0 Å². The van der Waals surface area contributed by atoms with E-state index >= 15 is 0 Å². The second kappa shape index (κ2) is 5.06. The molecule has 0 radical (unpaired) electrons. The number of amides is 1. The smallest absolute Gasteiger partial charge is 0.255 e. The SMILES string of the molecule is COc1cc(Br)ccc1C(=O)NCC1C(C)(C)C1(C)C. The summed E-state index contributed by atoms with van der Waals surface area (Å²) >= 11 is 3.38. The number of nitrogens with one attached hydrogen (secondary N) is 1. The maximum absolute atomic E-state index is 12.3. The molecule has 0 bridgehead atoms. The van der Waals surface area contributed by atoms with Crippen LogP contribution in [0, 0.1) is 16.7 Å². The number of methoxy groups -OCH3 is 1. The van der Waals surface area contributed by atoms with Crippen molar-refractivity contribution < 1.29 is 9.53 Å². The van der Waals surface area contributed by atoms with E-state index in [0.717, 1.165) is 4.47 Å². The van der Waals surface area contributed by atoms with E-state index in [9.17, 15) is 4.79 Å². The van der Waals surface area contributed by atoms with E-state index in [1.807, 2.05) is 6.07 Å². The lowest BCUT2D eigenvalue weighted by atomic mass is 10.0. The molecule has 1 aromatic carbocycles. The highest BCUT2D eigenvalue weighted by Crippen LogP contribution is 2.67. The molecule has 0 atom stereocenters. The Morgan fingerprint density at radius 3 is 2.40 bits per heavy atom. The molecular weight excluding hydrogens is 318 g/mol. The number of rotatable bonds is 4. The first-order valence-electron chi connectivity index (χ1n) is 6.83. The Morgan fingerprint density at radius 2 is 1.90 bits per heavy atom. The second-order valence-electron chi connectivity index (χ2n) is 6.55. The fourth-order valence-electron chi connectivity index (χ4n) is 2.99. The molecule has 1 aliphatic carbocycles. The minimum Gasteiger partial charge on any atom is -0.496 e. The van der Waals surface area contributed by atoms with Crippen LogP contribution in [0.5, 0.6) is 5.75 Å². The Bertz CT molecular complexity index is 523. The van der Waals surface area contributed by atoms with Gasteiger partial charge in [0.15, 0.2) is 0 Å². The number of carbonyl (C=O) groups excluding carboxylic acids is 1. The summed E-state index contributed by atoms with van der Waals surface area (Å²) in [5, 5.41) is 3.03. The Hall–Kier alpha value is -1.03. The first kappa shape index (κ1) is 15.4. The van der Waals surface area contributed by atoms with Crippen molar-refractivity contribution in [1.82, 2.24) is 5.32 Å². The summed E-state index contributed by atoms with van der Waals surface area (Å²) in [6, 6.07) is 5.43.